The van der Waals surface area contributed by atoms with Crippen LogP contribution in [0.1, 0.15) is 126 Å². The van der Waals surface area contributed by atoms with Crippen molar-refractivity contribution in [2.24, 2.45) is 28.1 Å². The zero-order chi connectivity index (χ0) is 22.2. The first kappa shape index (κ1) is 23.9. The predicted octanol–water partition coefficient (Wildman–Crippen LogP) is 9.82. The van der Waals surface area contributed by atoms with Crippen molar-refractivity contribution in [3.05, 3.63) is 34.4 Å². The van der Waals surface area contributed by atoms with Crippen LogP contribution in [0.15, 0.2) is 34.4 Å². The standard InChI is InChI=1S/C30H50/c1-22(2)12-9-13-23(3)14-10-15-24(4)29(7)21-18-26-25(29)16-17-27-28(5,6)19-11-20-30(26,27)8/h12,14,24,27H,9-11,13,15-21H2,1-8H3. The fraction of sp³-hybridized carbons (Fsp3) is 0.800. The molecule has 4 atom stereocenters. The lowest BCUT2D eigenvalue weighted by atomic mass is 9.49. The molecule has 3 aliphatic carbocycles. The molecule has 1 fully saturated rings. The van der Waals surface area contributed by atoms with Crippen LogP contribution in [0.4, 0.5) is 0 Å². The molecule has 3 aliphatic rings. The summed E-state index contributed by atoms with van der Waals surface area (Å²) in [5, 5.41) is 0. The van der Waals surface area contributed by atoms with Crippen molar-refractivity contribution in [1.29, 1.82) is 0 Å². The molecular formula is C30H50. The average Bonchev–Trinajstić information content (AvgIpc) is 3.00. The normalized spacial score (nSPS) is 34.4. The second-order valence-electron chi connectivity index (χ2n) is 12.6. The van der Waals surface area contributed by atoms with Gasteiger partial charge in [-0.3, -0.25) is 0 Å². The van der Waals surface area contributed by atoms with E-state index in [0.29, 0.717) is 16.2 Å². The van der Waals surface area contributed by atoms with Gasteiger partial charge >= 0.3 is 0 Å². The molecule has 30 heavy (non-hydrogen) atoms. The van der Waals surface area contributed by atoms with Gasteiger partial charge in [-0.25, -0.2) is 0 Å². The Kier molecular flexibility index (Phi) is 7.16. The third kappa shape index (κ3) is 4.54. The van der Waals surface area contributed by atoms with E-state index in [1.165, 1.54) is 76.2 Å². The van der Waals surface area contributed by atoms with Crippen molar-refractivity contribution in [1.82, 2.24) is 0 Å². The molecule has 0 amide bonds. The molecular weight excluding hydrogens is 360 g/mol. The lowest BCUT2D eigenvalue weighted by Gasteiger charge is -2.55. The maximum Gasteiger partial charge on any atom is -0.00800 e. The SMILES string of the molecule is CC(C)=CCCC(C)=CCCC(C)C1(C)CCC2=C1CCC1C(C)(C)CCCC21C. The van der Waals surface area contributed by atoms with Crippen LogP contribution in [0, 0.1) is 28.1 Å². The molecule has 0 saturated heterocycles. The Labute approximate surface area is 188 Å². The zero-order valence-electron chi connectivity index (χ0n) is 21.6. The highest BCUT2D eigenvalue weighted by atomic mass is 14.6. The maximum absolute atomic E-state index is 2.65. The van der Waals surface area contributed by atoms with Gasteiger partial charge in [-0.2, -0.15) is 0 Å². The summed E-state index contributed by atoms with van der Waals surface area (Å²) in [7, 11) is 0. The Hall–Kier alpha value is -0.780. The summed E-state index contributed by atoms with van der Waals surface area (Å²) >= 11 is 0. The van der Waals surface area contributed by atoms with Crippen LogP contribution in [0.5, 0.6) is 0 Å². The largest absolute Gasteiger partial charge is 0.0856 e. The van der Waals surface area contributed by atoms with Gasteiger partial charge in [-0.1, -0.05) is 75.5 Å². The minimum Gasteiger partial charge on any atom is -0.0856 e. The Morgan fingerprint density at radius 3 is 2.37 bits per heavy atom. The van der Waals surface area contributed by atoms with Gasteiger partial charge in [-0.05, 0) is 113 Å². The van der Waals surface area contributed by atoms with E-state index in [2.05, 4.69) is 67.5 Å². The van der Waals surface area contributed by atoms with Crippen molar-refractivity contribution in [3.63, 3.8) is 0 Å². The number of allylic oxidation sites excluding steroid dienone is 6. The fourth-order valence-electron chi connectivity index (χ4n) is 7.71. The third-order valence-corrected chi connectivity index (χ3v) is 9.82. The van der Waals surface area contributed by atoms with Crippen LogP contribution >= 0.6 is 0 Å². The van der Waals surface area contributed by atoms with Crippen LogP contribution in [0.3, 0.4) is 0 Å². The van der Waals surface area contributed by atoms with Gasteiger partial charge in [0, 0.05) is 0 Å². The minimum atomic E-state index is 0.453. The molecule has 0 spiro atoms. The van der Waals surface area contributed by atoms with E-state index in [0.717, 1.165) is 11.8 Å². The Bertz CT molecular complexity index is 710. The molecule has 0 aromatic carbocycles. The van der Waals surface area contributed by atoms with Crippen LogP contribution in [-0.2, 0) is 0 Å². The molecule has 4 unspecified atom stereocenters. The summed E-state index contributed by atoms with van der Waals surface area (Å²) in [6, 6.07) is 0. The second-order valence-corrected chi connectivity index (χ2v) is 12.6. The lowest BCUT2D eigenvalue weighted by molar-refractivity contribution is 0.0106. The first-order valence-corrected chi connectivity index (χ1v) is 13.0. The first-order chi connectivity index (χ1) is 14.0. The highest BCUT2D eigenvalue weighted by molar-refractivity contribution is 5.37. The maximum atomic E-state index is 2.65. The molecule has 0 aliphatic heterocycles. The van der Waals surface area contributed by atoms with Crippen LogP contribution in [-0.4, -0.2) is 0 Å². The van der Waals surface area contributed by atoms with Crippen LogP contribution in [0.2, 0.25) is 0 Å². The molecule has 0 bridgehead atoms. The van der Waals surface area contributed by atoms with Gasteiger partial charge in [-0.15, -0.1) is 0 Å². The van der Waals surface area contributed by atoms with Crippen molar-refractivity contribution in [2.45, 2.75) is 126 Å². The minimum absolute atomic E-state index is 0.453. The monoisotopic (exact) mass is 410 g/mol. The predicted molar refractivity (Wildman–Crippen MR) is 134 cm³/mol. The van der Waals surface area contributed by atoms with Gasteiger partial charge in [0.2, 0.25) is 0 Å². The van der Waals surface area contributed by atoms with Gasteiger partial charge in [0.15, 0.2) is 0 Å². The van der Waals surface area contributed by atoms with E-state index in [1.807, 2.05) is 11.1 Å². The van der Waals surface area contributed by atoms with Gasteiger partial charge in [0.1, 0.15) is 0 Å². The molecule has 170 valence electrons. The highest BCUT2D eigenvalue weighted by Crippen LogP contribution is 2.66. The zero-order valence-corrected chi connectivity index (χ0v) is 21.6. The molecule has 0 N–H and O–H groups in total. The lowest BCUT2D eigenvalue weighted by Crippen LogP contribution is -2.45. The quantitative estimate of drug-likeness (QED) is 0.366. The second kappa shape index (κ2) is 8.99. The third-order valence-electron chi connectivity index (χ3n) is 9.82. The van der Waals surface area contributed by atoms with Crippen molar-refractivity contribution in [3.8, 4) is 0 Å². The van der Waals surface area contributed by atoms with Gasteiger partial charge in [0.25, 0.3) is 0 Å². The molecule has 0 radical (unpaired) electrons. The Morgan fingerprint density at radius 2 is 1.67 bits per heavy atom. The van der Waals surface area contributed by atoms with Crippen molar-refractivity contribution < 1.29 is 0 Å². The summed E-state index contributed by atoms with van der Waals surface area (Å²) in [6.07, 6.45) is 19.9. The molecule has 0 aromatic heterocycles. The molecule has 0 heterocycles. The molecule has 0 nitrogen and oxygen atoms in total. The van der Waals surface area contributed by atoms with E-state index in [9.17, 15) is 0 Å². The van der Waals surface area contributed by atoms with E-state index < -0.39 is 0 Å². The summed E-state index contributed by atoms with van der Waals surface area (Å²) in [5.74, 6) is 1.70. The highest BCUT2D eigenvalue weighted by Gasteiger charge is 2.55. The van der Waals surface area contributed by atoms with Crippen LogP contribution in [0.25, 0.3) is 0 Å². The number of fused-ring (bicyclic) bond motifs is 2. The average molecular weight is 411 g/mol. The smallest absolute Gasteiger partial charge is 0.00800 e. The summed E-state index contributed by atoms with van der Waals surface area (Å²) in [5.41, 5.74) is 8.34. The Balaban J connectivity index is 1.68. The van der Waals surface area contributed by atoms with E-state index >= 15 is 0 Å². The topological polar surface area (TPSA) is 0 Å². The van der Waals surface area contributed by atoms with Crippen molar-refractivity contribution in [2.75, 3.05) is 0 Å². The molecule has 3 rings (SSSR count). The number of hydrogen-bond donors (Lipinski definition) is 0. The van der Waals surface area contributed by atoms with E-state index in [1.54, 1.807) is 5.57 Å². The van der Waals surface area contributed by atoms with Crippen molar-refractivity contribution >= 4 is 0 Å². The summed E-state index contributed by atoms with van der Waals surface area (Å²) in [4.78, 5) is 0. The molecule has 0 heteroatoms. The number of rotatable bonds is 7. The molecule has 1 saturated carbocycles. The Morgan fingerprint density at radius 1 is 0.933 bits per heavy atom. The van der Waals surface area contributed by atoms with Gasteiger partial charge < -0.3 is 0 Å². The number of hydrogen-bond acceptors (Lipinski definition) is 0. The van der Waals surface area contributed by atoms with E-state index in [-0.39, 0.29) is 0 Å². The first-order valence-electron chi connectivity index (χ1n) is 13.0. The van der Waals surface area contributed by atoms with Gasteiger partial charge in [0.05, 0.1) is 0 Å². The van der Waals surface area contributed by atoms with E-state index in [4.69, 9.17) is 0 Å². The summed E-state index contributed by atoms with van der Waals surface area (Å²) in [6.45, 7) is 19.7. The molecule has 0 aromatic rings. The fourth-order valence-corrected chi connectivity index (χ4v) is 7.71. The summed E-state index contributed by atoms with van der Waals surface area (Å²) < 4.78 is 0. The van der Waals surface area contributed by atoms with Crippen LogP contribution < -0.4 is 0 Å².